The third kappa shape index (κ3) is 1.58. The molecule has 2 rings (SSSR count). The number of hydrogen-bond acceptors (Lipinski definition) is 4. The SMILES string of the molecule is O=S(=O)(O)c1c(O)c(O)cc2ccccc12. The van der Waals surface area contributed by atoms with Crippen molar-refractivity contribution in [2.45, 2.75) is 4.90 Å². The summed E-state index contributed by atoms with van der Waals surface area (Å²) in [5, 5.41) is 19.3. The van der Waals surface area contributed by atoms with E-state index in [2.05, 4.69) is 0 Å². The second kappa shape index (κ2) is 3.36. The standard InChI is InChI=1S/C10H8O5S/c11-8-5-6-3-1-2-4-7(6)10(9(8)12)16(13,14)15/h1-5,11-12H,(H,13,14,15). The molecule has 84 valence electrons. The van der Waals surface area contributed by atoms with Crippen LogP contribution in [-0.2, 0) is 10.1 Å². The first-order valence-electron chi connectivity index (χ1n) is 4.32. The van der Waals surface area contributed by atoms with Crippen molar-refractivity contribution in [1.29, 1.82) is 0 Å². The topological polar surface area (TPSA) is 94.8 Å². The predicted molar refractivity (Wildman–Crippen MR) is 57.1 cm³/mol. The lowest BCUT2D eigenvalue weighted by Crippen LogP contribution is -1.99. The summed E-state index contributed by atoms with van der Waals surface area (Å²) in [5.74, 6) is -1.44. The lowest BCUT2D eigenvalue weighted by atomic mass is 10.1. The zero-order chi connectivity index (χ0) is 11.9. The van der Waals surface area contributed by atoms with E-state index in [4.69, 9.17) is 4.55 Å². The van der Waals surface area contributed by atoms with Gasteiger partial charge in [-0.3, -0.25) is 4.55 Å². The molecule has 0 aromatic heterocycles. The summed E-state index contributed by atoms with van der Waals surface area (Å²) in [4.78, 5) is -0.678. The molecule has 0 saturated carbocycles. The van der Waals surface area contributed by atoms with Crippen molar-refractivity contribution in [3.05, 3.63) is 30.3 Å². The Balaban J connectivity index is 3.05. The van der Waals surface area contributed by atoms with Crippen LogP contribution in [0.25, 0.3) is 10.8 Å². The average Bonchev–Trinajstić information content (AvgIpc) is 2.17. The lowest BCUT2D eigenvalue weighted by Gasteiger charge is -2.07. The highest BCUT2D eigenvalue weighted by molar-refractivity contribution is 7.86. The maximum absolute atomic E-state index is 11.1. The van der Waals surface area contributed by atoms with Crippen LogP contribution in [0.3, 0.4) is 0 Å². The number of rotatable bonds is 1. The zero-order valence-electron chi connectivity index (χ0n) is 7.95. The number of aromatic hydroxyl groups is 2. The van der Waals surface area contributed by atoms with Crippen LogP contribution < -0.4 is 0 Å². The first kappa shape index (κ1) is 10.7. The van der Waals surface area contributed by atoms with Crippen LogP contribution in [-0.4, -0.2) is 23.2 Å². The minimum Gasteiger partial charge on any atom is -0.504 e. The number of fused-ring (bicyclic) bond motifs is 1. The molecule has 0 saturated heterocycles. The fourth-order valence-corrected chi connectivity index (χ4v) is 2.36. The quantitative estimate of drug-likeness (QED) is 0.518. The first-order chi connectivity index (χ1) is 7.41. The van der Waals surface area contributed by atoms with E-state index in [0.717, 1.165) is 0 Å². The Kier molecular flexibility index (Phi) is 2.25. The van der Waals surface area contributed by atoms with Gasteiger partial charge in [-0.1, -0.05) is 24.3 Å². The van der Waals surface area contributed by atoms with Crippen molar-refractivity contribution in [1.82, 2.24) is 0 Å². The van der Waals surface area contributed by atoms with Gasteiger partial charge in [0.2, 0.25) is 0 Å². The fourth-order valence-electron chi connectivity index (χ4n) is 1.55. The molecule has 3 N–H and O–H groups in total. The van der Waals surface area contributed by atoms with Gasteiger partial charge in [0.1, 0.15) is 4.90 Å². The molecule has 0 fully saturated rings. The molecule has 0 aliphatic carbocycles. The molecule has 0 heterocycles. The van der Waals surface area contributed by atoms with Crippen LogP contribution in [0.4, 0.5) is 0 Å². The second-order valence-corrected chi connectivity index (χ2v) is 4.63. The van der Waals surface area contributed by atoms with Gasteiger partial charge in [0, 0.05) is 5.39 Å². The Bertz CT molecular complexity index is 660. The number of phenolic OH excluding ortho intramolecular Hbond substituents is 2. The van der Waals surface area contributed by atoms with E-state index in [0.29, 0.717) is 5.39 Å². The van der Waals surface area contributed by atoms with E-state index in [1.165, 1.54) is 12.1 Å². The lowest BCUT2D eigenvalue weighted by molar-refractivity contribution is 0.391. The first-order valence-corrected chi connectivity index (χ1v) is 5.76. The van der Waals surface area contributed by atoms with Crippen molar-refractivity contribution in [3.63, 3.8) is 0 Å². The van der Waals surface area contributed by atoms with Crippen molar-refractivity contribution in [2.75, 3.05) is 0 Å². The molecule has 0 spiro atoms. The van der Waals surface area contributed by atoms with Crippen LogP contribution in [0, 0.1) is 0 Å². The van der Waals surface area contributed by atoms with Crippen molar-refractivity contribution >= 4 is 20.9 Å². The van der Waals surface area contributed by atoms with Gasteiger partial charge < -0.3 is 10.2 Å². The van der Waals surface area contributed by atoms with Crippen LogP contribution in [0.5, 0.6) is 11.5 Å². The van der Waals surface area contributed by atoms with Gasteiger partial charge in [0.25, 0.3) is 10.1 Å². The van der Waals surface area contributed by atoms with Gasteiger partial charge >= 0.3 is 0 Å². The minimum atomic E-state index is -4.59. The molecule has 2 aromatic carbocycles. The van der Waals surface area contributed by atoms with E-state index >= 15 is 0 Å². The van der Waals surface area contributed by atoms with E-state index in [-0.39, 0.29) is 5.39 Å². The maximum Gasteiger partial charge on any atom is 0.298 e. The maximum atomic E-state index is 11.1. The highest BCUT2D eigenvalue weighted by atomic mass is 32.2. The van der Waals surface area contributed by atoms with Gasteiger partial charge in [0.05, 0.1) is 0 Å². The van der Waals surface area contributed by atoms with Gasteiger partial charge in [-0.25, -0.2) is 0 Å². The highest BCUT2D eigenvalue weighted by Gasteiger charge is 2.22. The molecule has 0 aliphatic heterocycles. The molecule has 6 heteroatoms. The van der Waals surface area contributed by atoms with Gasteiger partial charge in [-0.2, -0.15) is 8.42 Å². The van der Waals surface area contributed by atoms with E-state index < -0.39 is 26.5 Å². The third-order valence-electron chi connectivity index (χ3n) is 2.21. The Hall–Kier alpha value is -1.79. The molecule has 0 radical (unpaired) electrons. The van der Waals surface area contributed by atoms with Gasteiger partial charge in [-0.15, -0.1) is 0 Å². The average molecular weight is 240 g/mol. The molecule has 0 unspecified atom stereocenters. The van der Waals surface area contributed by atoms with Crippen LogP contribution in [0.2, 0.25) is 0 Å². The van der Waals surface area contributed by atoms with Crippen molar-refractivity contribution < 1.29 is 23.2 Å². The molecule has 5 nitrogen and oxygen atoms in total. The number of benzene rings is 2. The monoisotopic (exact) mass is 240 g/mol. The predicted octanol–water partition coefficient (Wildman–Crippen LogP) is 1.50. The largest absolute Gasteiger partial charge is 0.504 e. The molecule has 0 atom stereocenters. The Labute approximate surface area is 91.3 Å². The number of hydrogen-bond donors (Lipinski definition) is 3. The molecular weight excluding hydrogens is 232 g/mol. The smallest absolute Gasteiger partial charge is 0.298 e. The summed E-state index contributed by atoms with van der Waals surface area (Å²) in [6, 6.07) is 7.42. The van der Waals surface area contributed by atoms with Crippen LogP contribution in [0.15, 0.2) is 35.2 Å². The third-order valence-corrected chi connectivity index (χ3v) is 3.14. The van der Waals surface area contributed by atoms with E-state index in [9.17, 15) is 18.6 Å². The van der Waals surface area contributed by atoms with E-state index in [1.807, 2.05) is 0 Å². The summed E-state index contributed by atoms with van der Waals surface area (Å²) in [6.45, 7) is 0. The molecule has 16 heavy (non-hydrogen) atoms. The highest BCUT2D eigenvalue weighted by Crippen LogP contribution is 2.38. The van der Waals surface area contributed by atoms with Crippen molar-refractivity contribution in [2.24, 2.45) is 0 Å². The summed E-state index contributed by atoms with van der Waals surface area (Å²) >= 11 is 0. The Morgan fingerprint density at radius 1 is 1.06 bits per heavy atom. The molecule has 2 aromatic rings. The van der Waals surface area contributed by atoms with Gasteiger partial charge in [0.15, 0.2) is 11.5 Å². The van der Waals surface area contributed by atoms with Crippen molar-refractivity contribution in [3.8, 4) is 11.5 Å². The second-order valence-electron chi connectivity index (χ2n) is 3.27. The fraction of sp³-hybridized carbons (Fsp3) is 0. The zero-order valence-corrected chi connectivity index (χ0v) is 8.77. The summed E-state index contributed by atoms with van der Waals surface area (Å²) in [6.07, 6.45) is 0. The normalized spacial score (nSPS) is 11.8. The Morgan fingerprint density at radius 2 is 1.69 bits per heavy atom. The number of phenols is 2. The van der Waals surface area contributed by atoms with Crippen LogP contribution in [0.1, 0.15) is 0 Å². The molecule has 0 amide bonds. The minimum absolute atomic E-state index is 0.153. The van der Waals surface area contributed by atoms with Crippen LogP contribution >= 0.6 is 0 Å². The Morgan fingerprint density at radius 3 is 2.31 bits per heavy atom. The molecule has 0 aliphatic rings. The molecule has 0 bridgehead atoms. The summed E-state index contributed by atoms with van der Waals surface area (Å²) in [5.41, 5.74) is 0. The van der Waals surface area contributed by atoms with E-state index in [1.54, 1.807) is 18.2 Å². The van der Waals surface area contributed by atoms with Gasteiger partial charge in [-0.05, 0) is 11.5 Å². The summed E-state index contributed by atoms with van der Waals surface area (Å²) in [7, 11) is -4.59. The molecular formula is C10H8O5S. The summed E-state index contributed by atoms with van der Waals surface area (Å²) < 4.78 is 31.2.